The lowest BCUT2D eigenvalue weighted by atomic mass is 9.90. The minimum atomic E-state index is -0.777. The summed E-state index contributed by atoms with van der Waals surface area (Å²) in [5.41, 5.74) is -1.28. The zero-order chi connectivity index (χ0) is 12.7. The van der Waals surface area contributed by atoms with Crippen molar-refractivity contribution in [3.05, 3.63) is 21.9 Å². The van der Waals surface area contributed by atoms with Gasteiger partial charge in [0.1, 0.15) is 5.60 Å². The maximum Gasteiger partial charge on any atom is 0.341 e. The predicted octanol–water partition coefficient (Wildman–Crippen LogP) is 3.01. The van der Waals surface area contributed by atoms with Gasteiger partial charge in [-0.3, -0.25) is 0 Å². The Hall–Kier alpha value is -0.870. The molecule has 2 heterocycles. The van der Waals surface area contributed by atoms with Gasteiger partial charge in [-0.1, -0.05) is 6.92 Å². The summed E-state index contributed by atoms with van der Waals surface area (Å²) in [6.07, 6.45) is 0.638. The van der Waals surface area contributed by atoms with Gasteiger partial charge in [-0.25, -0.2) is 4.79 Å². The number of epoxide rings is 1. The monoisotopic (exact) mass is 254 g/mol. The second-order valence-electron chi connectivity index (χ2n) is 4.45. The summed E-state index contributed by atoms with van der Waals surface area (Å²) in [4.78, 5) is 14.3. The molecule has 0 radical (unpaired) electrons. The molecule has 0 aromatic carbocycles. The number of hydrogen-bond acceptors (Lipinski definition) is 4. The number of carbonyl (C=O) groups is 1. The maximum absolute atomic E-state index is 12.0. The van der Waals surface area contributed by atoms with Gasteiger partial charge < -0.3 is 9.47 Å². The summed E-state index contributed by atoms with van der Waals surface area (Å²) < 4.78 is 10.9. The fraction of sp³-hybridized carbons (Fsp3) is 0.615. The van der Waals surface area contributed by atoms with Gasteiger partial charge in [0.2, 0.25) is 0 Å². The molecule has 0 spiro atoms. The van der Waals surface area contributed by atoms with Crippen molar-refractivity contribution < 1.29 is 14.3 Å². The largest absolute Gasteiger partial charge is 0.464 e. The van der Waals surface area contributed by atoms with E-state index in [0.717, 1.165) is 4.88 Å². The van der Waals surface area contributed by atoms with Crippen molar-refractivity contribution in [1.29, 1.82) is 0 Å². The number of ether oxygens (including phenoxy) is 2. The van der Waals surface area contributed by atoms with E-state index in [0.29, 0.717) is 13.0 Å². The minimum absolute atomic E-state index is 0.240. The van der Waals surface area contributed by atoms with Crippen molar-refractivity contribution in [1.82, 2.24) is 0 Å². The summed E-state index contributed by atoms with van der Waals surface area (Å²) in [5.74, 6) is -0.240. The van der Waals surface area contributed by atoms with E-state index >= 15 is 0 Å². The van der Waals surface area contributed by atoms with Crippen LogP contribution >= 0.6 is 11.3 Å². The normalized spacial score (nSPS) is 31.3. The molecule has 4 heteroatoms. The maximum atomic E-state index is 12.0. The Morgan fingerprint density at radius 3 is 2.65 bits per heavy atom. The van der Waals surface area contributed by atoms with Crippen LogP contribution in [0.25, 0.3) is 0 Å². The van der Waals surface area contributed by atoms with Crippen LogP contribution in [-0.4, -0.2) is 18.2 Å². The molecular weight excluding hydrogens is 236 g/mol. The smallest absolute Gasteiger partial charge is 0.341 e. The van der Waals surface area contributed by atoms with Gasteiger partial charge in [0, 0.05) is 9.75 Å². The SMILES string of the molecule is CCOC(=O)C1(CC)OC1(C)c1ccc(C)s1. The van der Waals surface area contributed by atoms with E-state index in [9.17, 15) is 4.79 Å². The van der Waals surface area contributed by atoms with Crippen LogP contribution < -0.4 is 0 Å². The molecule has 2 unspecified atom stereocenters. The molecule has 2 rings (SSSR count). The first-order valence-corrected chi connectivity index (χ1v) is 6.76. The first-order chi connectivity index (χ1) is 8.00. The molecule has 1 aromatic rings. The van der Waals surface area contributed by atoms with Crippen molar-refractivity contribution in [3.63, 3.8) is 0 Å². The lowest BCUT2D eigenvalue weighted by molar-refractivity contribution is -0.149. The van der Waals surface area contributed by atoms with E-state index in [1.54, 1.807) is 11.3 Å². The van der Waals surface area contributed by atoms with E-state index in [4.69, 9.17) is 9.47 Å². The highest BCUT2D eigenvalue weighted by molar-refractivity contribution is 7.12. The highest BCUT2D eigenvalue weighted by atomic mass is 32.1. The molecule has 0 N–H and O–H groups in total. The number of rotatable bonds is 4. The van der Waals surface area contributed by atoms with Gasteiger partial charge in [-0.05, 0) is 39.3 Å². The van der Waals surface area contributed by atoms with E-state index in [1.165, 1.54) is 4.88 Å². The van der Waals surface area contributed by atoms with Gasteiger partial charge in [0.05, 0.1) is 6.61 Å². The Labute approximate surface area is 106 Å². The molecular formula is C13H18O3S. The van der Waals surface area contributed by atoms with Crippen LogP contribution in [-0.2, 0) is 19.9 Å². The average Bonchev–Trinajstić information content (AvgIpc) is 2.68. The molecule has 0 amide bonds. The highest BCUT2D eigenvalue weighted by Crippen LogP contribution is 2.59. The highest BCUT2D eigenvalue weighted by Gasteiger charge is 2.73. The van der Waals surface area contributed by atoms with Crippen molar-refractivity contribution in [3.8, 4) is 0 Å². The minimum Gasteiger partial charge on any atom is -0.464 e. The molecule has 0 aliphatic carbocycles. The second-order valence-corrected chi connectivity index (χ2v) is 5.73. The number of hydrogen-bond donors (Lipinski definition) is 0. The molecule has 3 nitrogen and oxygen atoms in total. The fourth-order valence-corrected chi connectivity index (χ4v) is 3.32. The topological polar surface area (TPSA) is 38.8 Å². The van der Waals surface area contributed by atoms with Gasteiger partial charge >= 0.3 is 5.97 Å². The Balaban J connectivity index is 2.27. The van der Waals surface area contributed by atoms with Crippen molar-refractivity contribution in [2.45, 2.75) is 45.3 Å². The van der Waals surface area contributed by atoms with Crippen LogP contribution in [0.4, 0.5) is 0 Å². The lowest BCUT2D eigenvalue weighted by Gasteiger charge is -2.12. The van der Waals surface area contributed by atoms with E-state index < -0.39 is 11.2 Å². The quantitative estimate of drug-likeness (QED) is 0.612. The summed E-state index contributed by atoms with van der Waals surface area (Å²) in [6, 6.07) is 4.09. The molecule has 2 atom stereocenters. The Morgan fingerprint density at radius 2 is 2.18 bits per heavy atom. The molecule has 1 aliphatic rings. The Morgan fingerprint density at radius 1 is 1.47 bits per heavy atom. The third-order valence-corrected chi connectivity index (χ3v) is 4.62. The van der Waals surface area contributed by atoms with Gasteiger partial charge in [-0.15, -0.1) is 11.3 Å². The number of esters is 1. The van der Waals surface area contributed by atoms with Crippen LogP contribution in [0.1, 0.15) is 36.9 Å². The van der Waals surface area contributed by atoms with E-state index in [2.05, 4.69) is 13.0 Å². The van der Waals surface area contributed by atoms with Gasteiger partial charge in [0.15, 0.2) is 5.60 Å². The Kier molecular flexibility index (Phi) is 3.04. The fourth-order valence-electron chi connectivity index (χ4n) is 2.30. The van der Waals surface area contributed by atoms with Gasteiger partial charge in [-0.2, -0.15) is 0 Å². The first-order valence-electron chi connectivity index (χ1n) is 5.94. The van der Waals surface area contributed by atoms with Crippen molar-refractivity contribution in [2.75, 3.05) is 6.61 Å². The van der Waals surface area contributed by atoms with Crippen molar-refractivity contribution >= 4 is 17.3 Å². The second kappa shape index (κ2) is 4.10. The first kappa shape index (κ1) is 12.6. The van der Waals surface area contributed by atoms with Crippen LogP contribution in [0.15, 0.2) is 12.1 Å². The molecule has 1 aromatic heterocycles. The lowest BCUT2D eigenvalue weighted by Crippen LogP contribution is -2.32. The molecule has 1 fully saturated rings. The predicted molar refractivity (Wildman–Crippen MR) is 67.1 cm³/mol. The number of aryl methyl sites for hydroxylation is 1. The zero-order valence-electron chi connectivity index (χ0n) is 10.7. The zero-order valence-corrected chi connectivity index (χ0v) is 11.5. The summed E-state index contributed by atoms with van der Waals surface area (Å²) in [5, 5.41) is 0. The van der Waals surface area contributed by atoms with E-state index in [-0.39, 0.29) is 5.97 Å². The van der Waals surface area contributed by atoms with Crippen LogP contribution in [0.2, 0.25) is 0 Å². The summed E-state index contributed by atoms with van der Waals surface area (Å²) in [7, 11) is 0. The summed E-state index contributed by atoms with van der Waals surface area (Å²) in [6.45, 7) is 8.19. The molecule has 1 aliphatic heterocycles. The molecule has 0 bridgehead atoms. The van der Waals surface area contributed by atoms with Crippen LogP contribution in [0, 0.1) is 6.92 Å². The van der Waals surface area contributed by atoms with Crippen LogP contribution in [0.3, 0.4) is 0 Å². The Bertz CT molecular complexity index is 440. The summed E-state index contributed by atoms with van der Waals surface area (Å²) >= 11 is 1.68. The number of thiophene rings is 1. The third kappa shape index (κ3) is 1.70. The molecule has 1 saturated heterocycles. The molecule has 94 valence electrons. The molecule has 17 heavy (non-hydrogen) atoms. The average molecular weight is 254 g/mol. The van der Waals surface area contributed by atoms with Crippen LogP contribution in [0.5, 0.6) is 0 Å². The van der Waals surface area contributed by atoms with Gasteiger partial charge in [0.25, 0.3) is 0 Å². The number of carbonyl (C=O) groups excluding carboxylic acids is 1. The standard InChI is InChI=1S/C13H18O3S/c1-5-13(11(14)15-6-2)12(4,16-13)10-8-7-9(3)17-10/h7-8H,5-6H2,1-4H3. The van der Waals surface area contributed by atoms with Crippen molar-refractivity contribution in [2.24, 2.45) is 0 Å². The van der Waals surface area contributed by atoms with E-state index in [1.807, 2.05) is 26.8 Å². The molecule has 0 saturated carbocycles. The third-order valence-electron chi connectivity index (χ3n) is 3.42.